The minimum absolute atomic E-state index is 0.149. The van der Waals surface area contributed by atoms with Gasteiger partial charge in [0, 0.05) is 18.0 Å². The van der Waals surface area contributed by atoms with Gasteiger partial charge in [0.15, 0.2) is 6.10 Å². The van der Waals surface area contributed by atoms with Crippen molar-refractivity contribution in [1.29, 1.82) is 0 Å². The van der Waals surface area contributed by atoms with Gasteiger partial charge >= 0.3 is 5.97 Å². The van der Waals surface area contributed by atoms with Crippen molar-refractivity contribution in [3.63, 3.8) is 0 Å². The molecule has 0 amide bonds. The van der Waals surface area contributed by atoms with Crippen molar-refractivity contribution in [3.8, 4) is 11.4 Å². The standard InChI is InChI=1S/C17H14FN3O3/c1-10-5-6-13(18)8-14(10)17(22)23-11(2)16-20-15(21-24-16)12-4-3-7-19-9-12/h3-9,11H,1-2H3. The van der Waals surface area contributed by atoms with Crippen LogP contribution in [-0.4, -0.2) is 21.1 Å². The van der Waals surface area contributed by atoms with Gasteiger partial charge in [0.1, 0.15) is 5.82 Å². The molecule has 7 heteroatoms. The summed E-state index contributed by atoms with van der Waals surface area (Å²) in [6.07, 6.45) is 2.47. The third kappa shape index (κ3) is 3.29. The quantitative estimate of drug-likeness (QED) is 0.683. The van der Waals surface area contributed by atoms with Crippen molar-refractivity contribution in [2.24, 2.45) is 0 Å². The number of aromatic nitrogens is 3. The van der Waals surface area contributed by atoms with Crippen LogP contribution in [0.15, 0.2) is 47.2 Å². The van der Waals surface area contributed by atoms with E-state index in [1.165, 1.54) is 12.1 Å². The number of halogens is 1. The smallest absolute Gasteiger partial charge is 0.339 e. The lowest BCUT2D eigenvalue weighted by atomic mass is 10.1. The summed E-state index contributed by atoms with van der Waals surface area (Å²) in [5, 5.41) is 3.84. The van der Waals surface area contributed by atoms with Crippen LogP contribution in [0.4, 0.5) is 4.39 Å². The Balaban J connectivity index is 1.75. The predicted molar refractivity (Wildman–Crippen MR) is 82.5 cm³/mol. The Morgan fingerprint density at radius 1 is 1.33 bits per heavy atom. The van der Waals surface area contributed by atoms with Crippen LogP contribution in [0.3, 0.4) is 0 Å². The molecule has 0 aliphatic heterocycles. The molecule has 0 radical (unpaired) electrons. The first-order valence-corrected chi connectivity index (χ1v) is 7.25. The second-order valence-electron chi connectivity index (χ2n) is 5.20. The molecule has 0 aliphatic carbocycles. The van der Waals surface area contributed by atoms with Gasteiger partial charge in [-0.1, -0.05) is 11.2 Å². The molecule has 24 heavy (non-hydrogen) atoms. The molecule has 2 aromatic heterocycles. The summed E-state index contributed by atoms with van der Waals surface area (Å²) in [6, 6.07) is 7.48. The highest BCUT2D eigenvalue weighted by atomic mass is 19.1. The molecule has 2 heterocycles. The molecule has 3 aromatic rings. The Labute approximate surface area is 137 Å². The fourth-order valence-corrected chi connectivity index (χ4v) is 2.10. The summed E-state index contributed by atoms with van der Waals surface area (Å²) in [4.78, 5) is 20.4. The SMILES string of the molecule is Cc1ccc(F)cc1C(=O)OC(C)c1nc(-c2cccnc2)no1. The zero-order chi connectivity index (χ0) is 17.1. The van der Waals surface area contributed by atoms with E-state index in [9.17, 15) is 9.18 Å². The lowest BCUT2D eigenvalue weighted by Crippen LogP contribution is -2.11. The zero-order valence-electron chi connectivity index (χ0n) is 13.1. The molecular formula is C17H14FN3O3. The van der Waals surface area contributed by atoms with Gasteiger partial charge in [-0.05, 0) is 43.7 Å². The molecule has 1 unspecified atom stereocenters. The average molecular weight is 327 g/mol. The molecule has 3 rings (SSSR count). The Bertz CT molecular complexity index is 865. The Morgan fingerprint density at radius 3 is 2.92 bits per heavy atom. The summed E-state index contributed by atoms with van der Waals surface area (Å²) in [5.41, 5.74) is 1.47. The molecule has 0 fully saturated rings. The van der Waals surface area contributed by atoms with E-state index in [0.29, 0.717) is 17.0 Å². The normalized spacial score (nSPS) is 12.0. The lowest BCUT2D eigenvalue weighted by Gasteiger charge is -2.10. The summed E-state index contributed by atoms with van der Waals surface area (Å²) in [7, 11) is 0. The van der Waals surface area contributed by atoms with Gasteiger partial charge in [0.05, 0.1) is 5.56 Å². The van der Waals surface area contributed by atoms with E-state index < -0.39 is 17.9 Å². The van der Waals surface area contributed by atoms with Crippen molar-refractivity contribution in [3.05, 3.63) is 65.6 Å². The van der Waals surface area contributed by atoms with Gasteiger partial charge in [-0.25, -0.2) is 9.18 Å². The van der Waals surface area contributed by atoms with Crippen molar-refractivity contribution in [1.82, 2.24) is 15.1 Å². The van der Waals surface area contributed by atoms with E-state index in [0.717, 1.165) is 6.07 Å². The van der Waals surface area contributed by atoms with Gasteiger partial charge in [-0.2, -0.15) is 4.98 Å². The van der Waals surface area contributed by atoms with Crippen LogP contribution in [0.2, 0.25) is 0 Å². The molecular weight excluding hydrogens is 313 g/mol. The molecule has 1 atom stereocenters. The highest BCUT2D eigenvalue weighted by molar-refractivity contribution is 5.91. The van der Waals surface area contributed by atoms with Gasteiger partial charge in [0.2, 0.25) is 5.82 Å². The fraction of sp³-hybridized carbons (Fsp3) is 0.176. The third-order valence-electron chi connectivity index (χ3n) is 3.41. The maximum Gasteiger partial charge on any atom is 0.339 e. The highest BCUT2D eigenvalue weighted by Crippen LogP contribution is 2.22. The number of aryl methyl sites for hydroxylation is 1. The average Bonchev–Trinajstić information content (AvgIpc) is 3.08. The monoisotopic (exact) mass is 327 g/mol. The minimum Gasteiger partial charge on any atom is -0.449 e. The van der Waals surface area contributed by atoms with E-state index in [1.54, 1.807) is 38.4 Å². The van der Waals surface area contributed by atoms with Crippen molar-refractivity contribution < 1.29 is 18.4 Å². The molecule has 0 saturated heterocycles. The number of carbonyl (C=O) groups is 1. The van der Waals surface area contributed by atoms with Crippen LogP contribution in [0.1, 0.15) is 34.8 Å². The fourth-order valence-electron chi connectivity index (χ4n) is 2.10. The van der Waals surface area contributed by atoms with Crippen LogP contribution in [0, 0.1) is 12.7 Å². The summed E-state index contributed by atoms with van der Waals surface area (Å²) < 4.78 is 23.7. The Kier molecular flexibility index (Phi) is 4.33. The molecule has 0 bridgehead atoms. The number of nitrogens with zero attached hydrogens (tertiary/aromatic N) is 3. The zero-order valence-corrected chi connectivity index (χ0v) is 13.1. The molecule has 0 spiro atoms. The molecule has 0 saturated carbocycles. The van der Waals surface area contributed by atoms with Crippen molar-refractivity contribution in [2.75, 3.05) is 0 Å². The van der Waals surface area contributed by atoms with Gasteiger partial charge in [-0.3, -0.25) is 4.98 Å². The van der Waals surface area contributed by atoms with E-state index in [2.05, 4.69) is 15.1 Å². The van der Waals surface area contributed by atoms with E-state index >= 15 is 0 Å². The van der Waals surface area contributed by atoms with Crippen LogP contribution in [-0.2, 0) is 4.74 Å². The number of ether oxygens (including phenoxy) is 1. The second kappa shape index (κ2) is 6.57. The highest BCUT2D eigenvalue weighted by Gasteiger charge is 2.21. The molecule has 1 aromatic carbocycles. The van der Waals surface area contributed by atoms with E-state index in [1.807, 2.05) is 0 Å². The number of hydrogen-bond acceptors (Lipinski definition) is 6. The summed E-state index contributed by atoms with van der Waals surface area (Å²) >= 11 is 0. The Morgan fingerprint density at radius 2 is 2.17 bits per heavy atom. The molecule has 122 valence electrons. The predicted octanol–water partition coefficient (Wildman–Crippen LogP) is 3.50. The number of rotatable bonds is 4. The maximum atomic E-state index is 13.3. The lowest BCUT2D eigenvalue weighted by molar-refractivity contribution is 0.0264. The summed E-state index contributed by atoms with van der Waals surface area (Å²) in [6.45, 7) is 3.31. The van der Waals surface area contributed by atoms with Crippen molar-refractivity contribution >= 4 is 5.97 Å². The number of carbonyl (C=O) groups excluding carboxylic acids is 1. The van der Waals surface area contributed by atoms with Crippen LogP contribution >= 0.6 is 0 Å². The van der Waals surface area contributed by atoms with E-state index in [-0.39, 0.29) is 11.5 Å². The largest absolute Gasteiger partial charge is 0.449 e. The topological polar surface area (TPSA) is 78.1 Å². The first-order valence-electron chi connectivity index (χ1n) is 7.25. The first kappa shape index (κ1) is 15.8. The number of hydrogen-bond donors (Lipinski definition) is 0. The Hall–Kier alpha value is -3.09. The van der Waals surface area contributed by atoms with Gasteiger partial charge in [-0.15, -0.1) is 0 Å². The van der Waals surface area contributed by atoms with Crippen LogP contribution in [0.25, 0.3) is 11.4 Å². The number of benzene rings is 1. The van der Waals surface area contributed by atoms with Gasteiger partial charge in [0.25, 0.3) is 5.89 Å². The molecule has 6 nitrogen and oxygen atoms in total. The summed E-state index contributed by atoms with van der Waals surface area (Å²) in [5.74, 6) is -0.656. The van der Waals surface area contributed by atoms with Crippen molar-refractivity contribution in [2.45, 2.75) is 20.0 Å². The van der Waals surface area contributed by atoms with E-state index in [4.69, 9.17) is 9.26 Å². The maximum absolute atomic E-state index is 13.3. The second-order valence-corrected chi connectivity index (χ2v) is 5.20. The van der Waals surface area contributed by atoms with Crippen LogP contribution in [0.5, 0.6) is 0 Å². The minimum atomic E-state index is -0.766. The van der Waals surface area contributed by atoms with Crippen LogP contribution < -0.4 is 0 Å². The third-order valence-corrected chi connectivity index (χ3v) is 3.41. The molecule has 0 aliphatic rings. The number of pyridine rings is 1. The number of esters is 1. The molecule has 0 N–H and O–H groups in total. The first-order chi connectivity index (χ1) is 11.5. The van der Waals surface area contributed by atoms with Gasteiger partial charge < -0.3 is 9.26 Å².